The molecule has 2 rings (SSSR count). The van der Waals surface area contributed by atoms with E-state index < -0.39 is 11.4 Å². The number of carboxylic acids is 1. The molecule has 2 aromatic carbocycles. The summed E-state index contributed by atoms with van der Waals surface area (Å²) in [5.74, 6) is -0.454. The van der Waals surface area contributed by atoms with Crippen LogP contribution in [0.1, 0.15) is 25.0 Å². The maximum atomic E-state index is 12.8. The van der Waals surface area contributed by atoms with E-state index >= 15 is 0 Å². The molecule has 0 unspecified atom stereocenters. The highest BCUT2D eigenvalue weighted by molar-refractivity contribution is 5.99. The third-order valence-corrected chi connectivity index (χ3v) is 3.89. The molecule has 24 heavy (non-hydrogen) atoms. The lowest BCUT2D eigenvalue weighted by atomic mass is 9.83. The Hall–Kier alpha value is -2.82. The summed E-state index contributed by atoms with van der Waals surface area (Å²) in [7, 11) is 1.57. The second-order valence-corrected chi connectivity index (χ2v) is 6.05. The average molecular weight is 327 g/mol. The number of hydrogen-bond acceptors (Lipinski definition) is 3. The Morgan fingerprint density at radius 2 is 1.83 bits per heavy atom. The lowest BCUT2D eigenvalue weighted by molar-refractivity contribution is -0.136. The molecule has 0 radical (unpaired) electrons. The molecule has 126 valence electrons. The van der Waals surface area contributed by atoms with Crippen LogP contribution in [0.4, 0.5) is 5.69 Å². The molecule has 0 heterocycles. The van der Waals surface area contributed by atoms with Gasteiger partial charge in [-0.2, -0.15) is 0 Å². The van der Waals surface area contributed by atoms with Crippen LogP contribution in [0.5, 0.6) is 5.75 Å². The first-order valence-electron chi connectivity index (χ1n) is 7.60. The quantitative estimate of drug-likeness (QED) is 0.854. The number of ether oxygens (including phenoxy) is 1. The number of para-hydroxylation sites is 1. The minimum atomic E-state index is -0.909. The van der Waals surface area contributed by atoms with Gasteiger partial charge < -0.3 is 15.2 Å². The summed E-state index contributed by atoms with van der Waals surface area (Å²) in [6, 6.07) is 14.2. The van der Waals surface area contributed by atoms with Crippen molar-refractivity contribution < 1.29 is 19.4 Å². The van der Waals surface area contributed by atoms with Gasteiger partial charge in [-0.25, -0.2) is 0 Å². The number of rotatable bonds is 6. The molecule has 0 aliphatic rings. The third kappa shape index (κ3) is 3.93. The SMILES string of the molecule is COc1ccccc1C(C)(C)C(=O)Nc1cccc(CC(=O)O)c1. The highest BCUT2D eigenvalue weighted by atomic mass is 16.5. The van der Waals surface area contributed by atoms with Crippen LogP contribution < -0.4 is 10.1 Å². The summed E-state index contributed by atoms with van der Waals surface area (Å²) >= 11 is 0. The van der Waals surface area contributed by atoms with Crippen LogP contribution in [0.3, 0.4) is 0 Å². The summed E-state index contributed by atoms with van der Waals surface area (Å²) in [5, 5.41) is 11.7. The Morgan fingerprint density at radius 3 is 2.50 bits per heavy atom. The number of carbonyl (C=O) groups is 2. The van der Waals surface area contributed by atoms with Crippen LogP contribution in [0.25, 0.3) is 0 Å². The summed E-state index contributed by atoms with van der Waals surface area (Å²) < 4.78 is 5.35. The van der Waals surface area contributed by atoms with E-state index in [0.29, 0.717) is 17.0 Å². The van der Waals surface area contributed by atoms with Crippen molar-refractivity contribution in [1.82, 2.24) is 0 Å². The summed E-state index contributed by atoms with van der Waals surface area (Å²) in [6.07, 6.45) is -0.0837. The van der Waals surface area contributed by atoms with Crippen LogP contribution in [-0.4, -0.2) is 24.1 Å². The predicted molar refractivity (Wildman–Crippen MR) is 92.4 cm³/mol. The summed E-state index contributed by atoms with van der Waals surface area (Å²) in [6.45, 7) is 3.64. The predicted octanol–water partition coefficient (Wildman–Crippen LogP) is 3.24. The maximum absolute atomic E-state index is 12.8. The van der Waals surface area contributed by atoms with Gasteiger partial charge in [0.15, 0.2) is 0 Å². The Kier molecular flexibility index (Phi) is 5.24. The van der Waals surface area contributed by atoms with Crippen molar-refractivity contribution in [3.8, 4) is 5.75 Å². The number of anilines is 1. The van der Waals surface area contributed by atoms with E-state index in [1.165, 1.54) is 0 Å². The standard InChI is InChI=1S/C19H21NO4/c1-19(2,15-9-4-5-10-16(15)24-3)18(23)20-14-8-6-7-13(11-14)12-17(21)22/h4-11H,12H2,1-3H3,(H,20,23)(H,21,22). The van der Waals surface area contributed by atoms with Crippen molar-refractivity contribution >= 4 is 17.6 Å². The molecule has 0 atom stereocenters. The van der Waals surface area contributed by atoms with Gasteiger partial charge in [0.05, 0.1) is 18.9 Å². The van der Waals surface area contributed by atoms with E-state index in [1.807, 2.05) is 38.1 Å². The molecule has 0 spiro atoms. The molecule has 0 aromatic heterocycles. The summed E-state index contributed by atoms with van der Waals surface area (Å²) in [5.41, 5.74) is 1.18. The largest absolute Gasteiger partial charge is 0.496 e. The van der Waals surface area contributed by atoms with Crippen molar-refractivity contribution in [2.24, 2.45) is 0 Å². The minimum absolute atomic E-state index is 0.0837. The van der Waals surface area contributed by atoms with E-state index in [4.69, 9.17) is 9.84 Å². The Bertz CT molecular complexity index is 753. The first-order valence-corrected chi connectivity index (χ1v) is 7.60. The van der Waals surface area contributed by atoms with Gasteiger partial charge in [-0.3, -0.25) is 9.59 Å². The van der Waals surface area contributed by atoms with Crippen LogP contribution in [0.2, 0.25) is 0 Å². The van der Waals surface area contributed by atoms with Gasteiger partial charge in [0.2, 0.25) is 5.91 Å². The minimum Gasteiger partial charge on any atom is -0.496 e. The van der Waals surface area contributed by atoms with E-state index in [1.54, 1.807) is 31.4 Å². The van der Waals surface area contributed by atoms with Crippen molar-refractivity contribution in [3.05, 3.63) is 59.7 Å². The Morgan fingerprint density at radius 1 is 1.12 bits per heavy atom. The number of carbonyl (C=O) groups excluding carboxylic acids is 1. The van der Waals surface area contributed by atoms with E-state index in [0.717, 1.165) is 5.56 Å². The zero-order valence-electron chi connectivity index (χ0n) is 14.0. The van der Waals surface area contributed by atoms with Crippen molar-refractivity contribution in [2.75, 3.05) is 12.4 Å². The first-order chi connectivity index (χ1) is 11.3. The molecule has 2 N–H and O–H groups in total. The zero-order valence-corrected chi connectivity index (χ0v) is 14.0. The highest BCUT2D eigenvalue weighted by Gasteiger charge is 2.32. The number of amides is 1. The van der Waals surface area contributed by atoms with Crippen molar-refractivity contribution in [1.29, 1.82) is 0 Å². The molecule has 1 amide bonds. The van der Waals surface area contributed by atoms with Gasteiger partial charge in [-0.15, -0.1) is 0 Å². The lowest BCUT2D eigenvalue weighted by Gasteiger charge is -2.26. The Labute approximate surface area is 141 Å². The molecule has 5 heteroatoms. The second kappa shape index (κ2) is 7.17. The van der Waals surface area contributed by atoms with Gasteiger partial charge in [-0.05, 0) is 37.6 Å². The van der Waals surface area contributed by atoms with Crippen LogP contribution >= 0.6 is 0 Å². The molecule has 0 aliphatic heterocycles. The van der Waals surface area contributed by atoms with Gasteiger partial charge in [0.25, 0.3) is 0 Å². The molecule has 2 aromatic rings. The molecule has 0 bridgehead atoms. The van der Waals surface area contributed by atoms with Gasteiger partial charge in [0.1, 0.15) is 5.75 Å². The topological polar surface area (TPSA) is 75.6 Å². The van der Waals surface area contributed by atoms with E-state index in [9.17, 15) is 9.59 Å². The van der Waals surface area contributed by atoms with E-state index in [-0.39, 0.29) is 12.3 Å². The highest BCUT2D eigenvalue weighted by Crippen LogP contribution is 2.32. The molecule has 0 saturated heterocycles. The molecular formula is C19H21NO4. The fourth-order valence-corrected chi connectivity index (χ4v) is 2.50. The molecule has 0 aliphatic carbocycles. The van der Waals surface area contributed by atoms with Crippen LogP contribution in [0.15, 0.2) is 48.5 Å². The number of carboxylic acid groups (broad SMARTS) is 1. The fourth-order valence-electron chi connectivity index (χ4n) is 2.50. The van der Waals surface area contributed by atoms with E-state index in [2.05, 4.69) is 5.32 Å². The van der Waals surface area contributed by atoms with Crippen LogP contribution in [0, 0.1) is 0 Å². The molecule has 0 saturated carbocycles. The van der Waals surface area contributed by atoms with Crippen LogP contribution in [-0.2, 0) is 21.4 Å². The number of hydrogen-bond donors (Lipinski definition) is 2. The zero-order chi connectivity index (χ0) is 17.7. The van der Waals surface area contributed by atoms with Gasteiger partial charge in [-0.1, -0.05) is 30.3 Å². The molecular weight excluding hydrogens is 306 g/mol. The average Bonchev–Trinajstić information content (AvgIpc) is 2.54. The lowest BCUT2D eigenvalue weighted by Crippen LogP contribution is -2.35. The third-order valence-electron chi connectivity index (χ3n) is 3.89. The number of nitrogens with one attached hydrogen (secondary N) is 1. The smallest absolute Gasteiger partial charge is 0.307 e. The maximum Gasteiger partial charge on any atom is 0.307 e. The normalized spacial score (nSPS) is 11.0. The first kappa shape index (κ1) is 17.5. The van der Waals surface area contributed by atoms with Gasteiger partial charge >= 0.3 is 5.97 Å². The van der Waals surface area contributed by atoms with Crippen molar-refractivity contribution in [3.63, 3.8) is 0 Å². The molecule has 5 nitrogen and oxygen atoms in total. The summed E-state index contributed by atoms with van der Waals surface area (Å²) in [4.78, 5) is 23.6. The van der Waals surface area contributed by atoms with Gasteiger partial charge in [0, 0.05) is 11.3 Å². The van der Waals surface area contributed by atoms with Crippen molar-refractivity contribution in [2.45, 2.75) is 25.7 Å². The number of benzene rings is 2. The molecule has 0 fully saturated rings. The Balaban J connectivity index is 2.23. The second-order valence-electron chi connectivity index (χ2n) is 6.05. The fraction of sp³-hybridized carbons (Fsp3) is 0.263. The number of aliphatic carboxylic acids is 1. The monoisotopic (exact) mass is 327 g/mol. The number of methoxy groups -OCH3 is 1.